The summed E-state index contributed by atoms with van der Waals surface area (Å²) in [5, 5.41) is 3.32. The molecule has 0 atom stereocenters. The number of guanidine groups is 1. The van der Waals surface area contributed by atoms with Crippen molar-refractivity contribution in [2.75, 3.05) is 53.6 Å². The molecule has 0 amide bonds. The highest BCUT2D eigenvalue weighted by Gasteiger charge is 2.03. The van der Waals surface area contributed by atoms with Gasteiger partial charge in [0.15, 0.2) is 5.96 Å². The van der Waals surface area contributed by atoms with Gasteiger partial charge >= 0.3 is 0 Å². The molecule has 0 aromatic carbocycles. The molecule has 0 bridgehead atoms. The summed E-state index contributed by atoms with van der Waals surface area (Å²) in [7, 11) is 3.77. The Kier molecular flexibility index (Phi) is 18.8. The first kappa shape index (κ1) is 22.2. The van der Waals surface area contributed by atoms with Crippen LogP contribution in [-0.4, -0.2) is 64.5 Å². The van der Waals surface area contributed by atoms with Crippen LogP contribution in [0.4, 0.5) is 0 Å². The molecule has 122 valence electrons. The molecule has 0 rings (SSSR count). The van der Waals surface area contributed by atoms with Gasteiger partial charge in [-0.05, 0) is 19.8 Å². The number of halogens is 1. The van der Waals surface area contributed by atoms with Crippen LogP contribution in [0.1, 0.15) is 33.1 Å². The summed E-state index contributed by atoms with van der Waals surface area (Å²) >= 11 is 0. The van der Waals surface area contributed by atoms with Crippen molar-refractivity contribution in [1.29, 1.82) is 0 Å². The Bertz CT molecular complexity index is 228. The van der Waals surface area contributed by atoms with Gasteiger partial charge in [0.2, 0.25) is 0 Å². The second-order valence-electron chi connectivity index (χ2n) is 4.47. The summed E-state index contributed by atoms with van der Waals surface area (Å²) in [4.78, 5) is 6.80. The average molecular weight is 401 g/mol. The second kappa shape index (κ2) is 17.0. The van der Waals surface area contributed by atoms with Crippen LogP contribution in [0.2, 0.25) is 0 Å². The Labute approximate surface area is 141 Å². The molecule has 0 unspecified atom stereocenters. The zero-order valence-corrected chi connectivity index (χ0v) is 15.8. The van der Waals surface area contributed by atoms with Crippen molar-refractivity contribution in [3.05, 3.63) is 0 Å². The fourth-order valence-electron chi connectivity index (χ4n) is 1.57. The Morgan fingerprint density at radius 2 is 1.90 bits per heavy atom. The third kappa shape index (κ3) is 12.9. The molecule has 0 heterocycles. The van der Waals surface area contributed by atoms with E-state index in [9.17, 15) is 0 Å². The van der Waals surface area contributed by atoms with E-state index in [1.807, 2.05) is 0 Å². The van der Waals surface area contributed by atoms with Crippen LogP contribution in [0, 0.1) is 0 Å². The molecular formula is C14H32IN3O2. The summed E-state index contributed by atoms with van der Waals surface area (Å²) in [6.45, 7) is 9.11. The van der Waals surface area contributed by atoms with Crippen LogP contribution in [0.15, 0.2) is 4.99 Å². The van der Waals surface area contributed by atoms with Crippen LogP contribution < -0.4 is 5.32 Å². The van der Waals surface area contributed by atoms with E-state index in [0.29, 0.717) is 13.2 Å². The van der Waals surface area contributed by atoms with Gasteiger partial charge in [-0.3, -0.25) is 4.99 Å². The molecular weight excluding hydrogens is 369 g/mol. The van der Waals surface area contributed by atoms with Crippen molar-refractivity contribution in [3.63, 3.8) is 0 Å². The molecule has 0 aliphatic rings. The zero-order chi connectivity index (χ0) is 14.3. The minimum atomic E-state index is 0. The molecule has 0 aliphatic heterocycles. The van der Waals surface area contributed by atoms with Gasteiger partial charge in [-0.1, -0.05) is 13.3 Å². The fraction of sp³-hybridized carbons (Fsp3) is 0.929. The maximum atomic E-state index is 5.41. The predicted molar refractivity (Wildman–Crippen MR) is 96.2 cm³/mol. The number of methoxy groups -OCH3 is 1. The lowest BCUT2D eigenvalue weighted by molar-refractivity contribution is 0.0702. The highest BCUT2D eigenvalue weighted by Crippen LogP contribution is 1.94. The lowest BCUT2D eigenvalue weighted by Gasteiger charge is -2.21. The summed E-state index contributed by atoms with van der Waals surface area (Å²) in [6.07, 6.45) is 3.35. The van der Waals surface area contributed by atoms with Gasteiger partial charge in [-0.2, -0.15) is 0 Å². The number of unbranched alkanes of at least 4 members (excludes halogenated alkanes) is 1. The minimum Gasteiger partial charge on any atom is -0.382 e. The van der Waals surface area contributed by atoms with Crippen LogP contribution in [-0.2, 0) is 9.47 Å². The van der Waals surface area contributed by atoms with E-state index in [4.69, 9.17) is 9.47 Å². The second-order valence-corrected chi connectivity index (χ2v) is 4.47. The van der Waals surface area contributed by atoms with E-state index < -0.39 is 0 Å². The lowest BCUT2D eigenvalue weighted by Crippen LogP contribution is -2.39. The average Bonchev–Trinajstić information content (AvgIpc) is 2.42. The predicted octanol–water partition coefficient (Wildman–Crippen LogP) is 2.35. The van der Waals surface area contributed by atoms with Gasteiger partial charge in [0.25, 0.3) is 0 Å². The van der Waals surface area contributed by atoms with Crippen molar-refractivity contribution >= 4 is 29.9 Å². The van der Waals surface area contributed by atoms with Crippen molar-refractivity contribution in [3.8, 4) is 0 Å². The van der Waals surface area contributed by atoms with Crippen molar-refractivity contribution < 1.29 is 9.47 Å². The van der Waals surface area contributed by atoms with E-state index in [2.05, 4.69) is 36.1 Å². The molecule has 0 aromatic heterocycles. The van der Waals surface area contributed by atoms with Crippen LogP contribution in [0.3, 0.4) is 0 Å². The molecule has 0 radical (unpaired) electrons. The third-order valence-corrected chi connectivity index (χ3v) is 2.68. The monoisotopic (exact) mass is 401 g/mol. The molecule has 0 saturated heterocycles. The van der Waals surface area contributed by atoms with E-state index in [-0.39, 0.29) is 24.0 Å². The van der Waals surface area contributed by atoms with Gasteiger partial charge in [-0.15, -0.1) is 24.0 Å². The maximum Gasteiger partial charge on any atom is 0.193 e. The molecule has 1 N–H and O–H groups in total. The van der Waals surface area contributed by atoms with Crippen LogP contribution in [0.5, 0.6) is 0 Å². The Hall–Kier alpha value is -0.0800. The minimum absolute atomic E-state index is 0. The summed E-state index contributed by atoms with van der Waals surface area (Å²) in [5.74, 6) is 0.993. The first-order chi connectivity index (χ1) is 9.26. The Morgan fingerprint density at radius 3 is 2.50 bits per heavy atom. The number of nitrogens with zero attached hydrogens (tertiary/aromatic N) is 2. The highest BCUT2D eigenvalue weighted by atomic mass is 127. The smallest absolute Gasteiger partial charge is 0.193 e. The van der Waals surface area contributed by atoms with E-state index in [0.717, 1.165) is 38.6 Å². The molecule has 20 heavy (non-hydrogen) atoms. The molecule has 0 saturated carbocycles. The normalized spacial score (nSPS) is 11.1. The van der Waals surface area contributed by atoms with E-state index >= 15 is 0 Å². The van der Waals surface area contributed by atoms with E-state index in [1.54, 1.807) is 7.11 Å². The first-order valence-corrected chi connectivity index (χ1v) is 7.32. The first-order valence-electron chi connectivity index (χ1n) is 7.32. The Balaban J connectivity index is 0. The summed E-state index contributed by atoms with van der Waals surface area (Å²) in [5.41, 5.74) is 0. The van der Waals surface area contributed by atoms with Gasteiger partial charge in [0.05, 0.1) is 13.2 Å². The SMILES string of the molecule is CCCCN(C)C(=NCCCOCCOC)NCC.I. The van der Waals surface area contributed by atoms with Crippen molar-refractivity contribution in [2.45, 2.75) is 33.1 Å². The fourth-order valence-corrected chi connectivity index (χ4v) is 1.57. The summed E-state index contributed by atoms with van der Waals surface area (Å²) < 4.78 is 10.3. The van der Waals surface area contributed by atoms with Crippen LogP contribution >= 0.6 is 24.0 Å². The van der Waals surface area contributed by atoms with Gasteiger partial charge in [0.1, 0.15) is 0 Å². The summed E-state index contributed by atoms with van der Waals surface area (Å²) in [6, 6.07) is 0. The topological polar surface area (TPSA) is 46.1 Å². The van der Waals surface area contributed by atoms with Gasteiger partial charge in [0, 0.05) is 40.4 Å². The van der Waals surface area contributed by atoms with Gasteiger partial charge < -0.3 is 19.7 Å². The molecule has 0 fully saturated rings. The standard InChI is InChI=1S/C14H31N3O2.HI/c1-5-7-10-17(3)14(15-6-2)16-9-8-11-19-13-12-18-4;/h5-13H2,1-4H3,(H,15,16);1H. The highest BCUT2D eigenvalue weighted by molar-refractivity contribution is 14.0. The van der Waals surface area contributed by atoms with Crippen molar-refractivity contribution in [2.24, 2.45) is 4.99 Å². The van der Waals surface area contributed by atoms with E-state index in [1.165, 1.54) is 12.8 Å². The Morgan fingerprint density at radius 1 is 1.15 bits per heavy atom. The van der Waals surface area contributed by atoms with Crippen molar-refractivity contribution in [1.82, 2.24) is 10.2 Å². The number of hydrogen-bond donors (Lipinski definition) is 1. The molecule has 0 aliphatic carbocycles. The van der Waals surface area contributed by atoms with Crippen LogP contribution in [0.25, 0.3) is 0 Å². The quantitative estimate of drug-likeness (QED) is 0.250. The lowest BCUT2D eigenvalue weighted by atomic mass is 10.3. The number of ether oxygens (including phenoxy) is 2. The number of hydrogen-bond acceptors (Lipinski definition) is 3. The third-order valence-electron chi connectivity index (χ3n) is 2.68. The molecule has 6 heteroatoms. The van der Waals surface area contributed by atoms with Gasteiger partial charge in [-0.25, -0.2) is 0 Å². The number of rotatable bonds is 11. The zero-order valence-electron chi connectivity index (χ0n) is 13.5. The molecule has 0 aromatic rings. The molecule has 0 spiro atoms. The maximum absolute atomic E-state index is 5.41. The number of nitrogens with one attached hydrogen (secondary N) is 1. The molecule has 5 nitrogen and oxygen atoms in total. The largest absolute Gasteiger partial charge is 0.382 e. The number of aliphatic imine (C=N–C) groups is 1.